The number of nitrogens with two attached hydrogens (primary N) is 1. The highest BCUT2D eigenvalue weighted by Crippen LogP contribution is 2.47. The number of ether oxygens (including phenoxy) is 2. The van der Waals surface area contributed by atoms with Gasteiger partial charge >= 0.3 is 0 Å². The number of rotatable bonds is 7. The highest BCUT2D eigenvalue weighted by molar-refractivity contribution is 5.78. The number of hydrogen-bond donors (Lipinski definition) is 2. The topological polar surface area (TPSA) is 85.0 Å². The summed E-state index contributed by atoms with van der Waals surface area (Å²) < 4.78 is 11.4. The van der Waals surface area contributed by atoms with Gasteiger partial charge in [0.1, 0.15) is 0 Å². The summed E-state index contributed by atoms with van der Waals surface area (Å²) in [7, 11) is 1.64. The van der Waals surface area contributed by atoms with Crippen molar-refractivity contribution in [2.75, 3.05) is 33.4 Å². The largest absolute Gasteiger partial charge is 0.493 e. The third kappa shape index (κ3) is 3.67. The van der Waals surface area contributed by atoms with Gasteiger partial charge in [0.05, 0.1) is 26.4 Å². The Bertz CT molecular complexity index is 659. The maximum Gasteiger partial charge on any atom is 0.236 e. The van der Waals surface area contributed by atoms with E-state index in [0.717, 1.165) is 11.3 Å². The lowest BCUT2D eigenvalue weighted by molar-refractivity contribution is -0.129. The maximum absolute atomic E-state index is 12.1. The van der Waals surface area contributed by atoms with E-state index in [1.54, 1.807) is 18.9 Å². The first-order valence-electron chi connectivity index (χ1n) is 9.35. The molecule has 26 heavy (non-hydrogen) atoms. The lowest BCUT2D eigenvalue weighted by atomic mass is 9.72. The van der Waals surface area contributed by atoms with Gasteiger partial charge in [-0.3, -0.25) is 4.79 Å². The molecule has 1 heterocycles. The van der Waals surface area contributed by atoms with Crippen molar-refractivity contribution in [2.24, 2.45) is 17.1 Å². The minimum atomic E-state index is -0.555. The van der Waals surface area contributed by atoms with Crippen LogP contribution in [0.15, 0.2) is 18.2 Å². The van der Waals surface area contributed by atoms with Crippen LogP contribution in [-0.4, -0.2) is 55.4 Å². The molecule has 2 fully saturated rings. The van der Waals surface area contributed by atoms with Crippen LogP contribution in [0.2, 0.25) is 0 Å². The van der Waals surface area contributed by atoms with Crippen molar-refractivity contribution in [1.82, 2.24) is 4.90 Å². The van der Waals surface area contributed by atoms with Gasteiger partial charge < -0.3 is 25.2 Å². The minimum absolute atomic E-state index is 0.00665. The second-order valence-corrected chi connectivity index (χ2v) is 7.88. The van der Waals surface area contributed by atoms with Gasteiger partial charge in [0.2, 0.25) is 5.91 Å². The van der Waals surface area contributed by atoms with Crippen molar-refractivity contribution in [3.8, 4) is 11.5 Å². The van der Waals surface area contributed by atoms with E-state index in [2.05, 4.69) is 0 Å². The average molecular weight is 362 g/mol. The van der Waals surface area contributed by atoms with Crippen molar-refractivity contribution >= 4 is 5.91 Å². The zero-order valence-electron chi connectivity index (χ0n) is 15.9. The number of aliphatic hydroxyl groups is 1. The number of carbonyl (C=O) groups excluding carboxylic acids is 1. The van der Waals surface area contributed by atoms with E-state index in [0.29, 0.717) is 31.4 Å². The third-order valence-corrected chi connectivity index (χ3v) is 5.97. The summed E-state index contributed by atoms with van der Waals surface area (Å²) in [5.74, 6) is 2.01. The standard InChI is InChI=1S/C20H30N2O4/c1-13(23)20(2)12-22(19(24)9-21)10-16(20)15-6-7-17(25-3)18(8-15)26-11-14-4-5-14/h6-8,13-14,16,23H,4-5,9-12,21H2,1-3H3. The normalized spacial score (nSPS) is 26.7. The first-order valence-corrected chi connectivity index (χ1v) is 9.35. The van der Waals surface area contributed by atoms with Crippen LogP contribution in [0.25, 0.3) is 0 Å². The average Bonchev–Trinajstić information content (AvgIpc) is 3.40. The molecular formula is C20H30N2O4. The zero-order chi connectivity index (χ0) is 18.9. The highest BCUT2D eigenvalue weighted by atomic mass is 16.5. The molecule has 1 aliphatic heterocycles. The molecule has 1 aliphatic carbocycles. The SMILES string of the molecule is COc1ccc(C2CN(C(=O)CN)CC2(C)C(C)O)cc1OCC1CC1. The summed E-state index contributed by atoms with van der Waals surface area (Å²) in [5.41, 5.74) is 6.16. The Balaban J connectivity index is 1.89. The Morgan fingerprint density at radius 1 is 1.42 bits per heavy atom. The van der Waals surface area contributed by atoms with Crippen LogP contribution in [0.4, 0.5) is 0 Å². The highest BCUT2D eigenvalue weighted by Gasteiger charge is 2.48. The maximum atomic E-state index is 12.1. The minimum Gasteiger partial charge on any atom is -0.493 e. The van der Waals surface area contributed by atoms with Gasteiger partial charge in [0.25, 0.3) is 0 Å². The molecule has 3 rings (SSSR count). The molecule has 3 N–H and O–H groups in total. The van der Waals surface area contributed by atoms with Crippen LogP contribution in [-0.2, 0) is 4.79 Å². The molecule has 0 aromatic heterocycles. The molecule has 0 spiro atoms. The van der Waals surface area contributed by atoms with Crippen molar-refractivity contribution in [1.29, 1.82) is 0 Å². The van der Waals surface area contributed by atoms with Crippen LogP contribution in [0.5, 0.6) is 11.5 Å². The van der Waals surface area contributed by atoms with E-state index in [1.807, 2.05) is 25.1 Å². The van der Waals surface area contributed by atoms with Gasteiger partial charge in [-0.2, -0.15) is 0 Å². The molecule has 1 aromatic rings. The van der Waals surface area contributed by atoms with E-state index in [9.17, 15) is 9.90 Å². The van der Waals surface area contributed by atoms with E-state index < -0.39 is 11.5 Å². The van der Waals surface area contributed by atoms with Gasteiger partial charge in [0, 0.05) is 24.4 Å². The van der Waals surface area contributed by atoms with Crippen molar-refractivity contribution < 1.29 is 19.4 Å². The Kier molecular flexibility index (Phi) is 5.44. The Morgan fingerprint density at radius 3 is 2.73 bits per heavy atom. The number of carbonyl (C=O) groups is 1. The first kappa shape index (κ1) is 19.0. The van der Waals surface area contributed by atoms with Gasteiger partial charge in [-0.25, -0.2) is 0 Å². The molecule has 2 aliphatic rings. The quantitative estimate of drug-likeness (QED) is 0.772. The van der Waals surface area contributed by atoms with E-state index in [-0.39, 0.29) is 18.4 Å². The van der Waals surface area contributed by atoms with Gasteiger partial charge in [-0.1, -0.05) is 13.0 Å². The second kappa shape index (κ2) is 7.45. The molecule has 1 saturated heterocycles. The molecule has 3 atom stereocenters. The number of hydrogen-bond acceptors (Lipinski definition) is 5. The molecule has 6 heteroatoms. The molecule has 1 aromatic carbocycles. The van der Waals surface area contributed by atoms with Crippen LogP contribution in [0, 0.1) is 11.3 Å². The number of nitrogens with zero attached hydrogens (tertiary/aromatic N) is 1. The molecule has 1 saturated carbocycles. The third-order valence-electron chi connectivity index (χ3n) is 5.97. The zero-order valence-corrected chi connectivity index (χ0v) is 15.9. The number of benzene rings is 1. The fourth-order valence-corrected chi connectivity index (χ4v) is 3.76. The predicted molar refractivity (Wildman–Crippen MR) is 99.4 cm³/mol. The van der Waals surface area contributed by atoms with Crippen LogP contribution in [0.3, 0.4) is 0 Å². The lowest BCUT2D eigenvalue weighted by Crippen LogP contribution is -2.39. The van der Waals surface area contributed by atoms with Crippen molar-refractivity contribution in [3.63, 3.8) is 0 Å². The number of likely N-dealkylation sites (tertiary alicyclic amines) is 1. The summed E-state index contributed by atoms with van der Waals surface area (Å²) in [6.45, 7) is 5.55. The Morgan fingerprint density at radius 2 is 2.15 bits per heavy atom. The van der Waals surface area contributed by atoms with Gasteiger partial charge in [-0.15, -0.1) is 0 Å². The van der Waals surface area contributed by atoms with Crippen molar-refractivity contribution in [3.05, 3.63) is 23.8 Å². The predicted octanol–water partition coefficient (Wildman–Crippen LogP) is 1.76. The van der Waals surface area contributed by atoms with Crippen LogP contribution < -0.4 is 15.2 Å². The summed E-state index contributed by atoms with van der Waals surface area (Å²) >= 11 is 0. The van der Waals surface area contributed by atoms with Gasteiger partial charge in [0.15, 0.2) is 11.5 Å². The molecule has 6 nitrogen and oxygen atoms in total. The van der Waals surface area contributed by atoms with E-state index in [4.69, 9.17) is 15.2 Å². The lowest BCUT2D eigenvalue weighted by Gasteiger charge is -2.33. The summed E-state index contributed by atoms with van der Waals surface area (Å²) in [5, 5.41) is 10.4. The number of methoxy groups -OCH3 is 1. The molecular weight excluding hydrogens is 332 g/mol. The summed E-state index contributed by atoms with van der Waals surface area (Å²) in [4.78, 5) is 13.9. The Labute approximate surface area is 155 Å². The number of amides is 1. The molecule has 3 unspecified atom stereocenters. The fourth-order valence-electron chi connectivity index (χ4n) is 3.76. The van der Waals surface area contributed by atoms with Gasteiger partial charge in [-0.05, 0) is 43.4 Å². The molecule has 1 amide bonds. The molecule has 144 valence electrons. The van der Waals surface area contributed by atoms with Crippen LogP contribution in [0.1, 0.15) is 38.2 Å². The van der Waals surface area contributed by atoms with Crippen LogP contribution >= 0.6 is 0 Å². The second-order valence-electron chi connectivity index (χ2n) is 7.88. The first-order chi connectivity index (χ1) is 12.4. The smallest absolute Gasteiger partial charge is 0.236 e. The van der Waals surface area contributed by atoms with E-state index >= 15 is 0 Å². The Hall–Kier alpha value is -1.79. The van der Waals surface area contributed by atoms with E-state index in [1.165, 1.54) is 12.8 Å². The summed E-state index contributed by atoms with van der Waals surface area (Å²) in [6.07, 6.45) is 1.89. The number of aliphatic hydroxyl groups excluding tert-OH is 1. The monoisotopic (exact) mass is 362 g/mol. The molecule has 0 bridgehead atoms. The van der Waals surface area contributed by atoms with Crippen molar-refractivity contribution in [2.45, 2.75) is 38.7 Å². The fraction of sp³-hybridized carbons (Fsp3) is 0.650. The summed E-state index contributed by atoms with van der Waals surface area (Å²) in [6, 6.07) is 5.92. The molecule has 0 radical (unpaired) electrons.